The van der Waals surface area contributed by atoms with Gasteiger partial charge in [-0.15, -0.1) is 11.3 Å². The van der Waals surface area contributed by atoms with Crippen LogP contribution in [-0.2, 0) is 12.8 Å². The van der Waals surface area contributed by atoms with E-state index in [1.54, 1.807) is 11.3 Å². The van der Waals surface area contributed by atoms with E-state index >= 15 is 0 Å². The summed E-state index contributed by atoms with van der Waals surface area (Å²) >= 11 is 3.99. The van der Waals surface area contributed by atoms with Gasteiger partial charge in [-0.2, -0.15) is 0 Å². The molecule has 0 radical (unpaired) electrons. The summed E-state index contributed by atoms with van der Waals surface area (Å²) in [5.74, 6) is 0.559. The van der Waals surface area contributed by atoms with E-state index in [0.29, 0.717) is 5.92 Å². The van der Waals surface area contributed by atoms with Crippen molar-refractivity contribution < 1.29 is 4.79 Å². The van der Waals surface area contributed by atoms with Crippen LogP contribution in [0, 0.1) is 14.9 Å². The van der Waals surface area contributed by atoms with Gasteiger partial charge >= 0.3 is 0 Å². The van der Waals surface area contributed by atoms with Crippen LogP contribution in [0.2, 0.25) is 0 Å². The number of rotatable bonds is 4. The molecule has 3 nitrogen and oxygen atoms in total. The number of fused-ring (bicyclic) bond motifs is 1. The maximum absolute atomic E-state index is 13.3. The number of halogens is 1. The third kappa shape index (κ3) is 5.26. The second kappa shape index (κ2) is 9.25. The first kappa shape index (κ1) is 22.2. The molecule has 1 N–H and O–H groups in total. The van der Waals surface area contributed by atoms with Crippen LogP contribution < -0.4 is 5.32 Å². The van der Waals surface area contributed by atoms with Crippen molar-refractivity contribution in [2.45, 2.75) is 40.0 Å². The van der Waals surface area contributed by atoms with Gasteiger partial charge in [0.05, 0.1) is 5.56 Å². The second-order valence-electron chi connectivity index (χ2n) is 9.12. The van der Waals surface area contributed by atoms with Gasteiger partial charge in [0, 0.05) is 20.3 Å². The molecule has 0 unspecified atom stereocenters. The summed E-state index contributed by atoms with van der Waals surface area (Å²) in [5, 5.41) is 3.89. The van der Waals surface area contributed by atoms with Gasteiger partial charge in [-0.05, 0) is 88.6 Å². The molecular formula is C26H27IN2OS. The van der Waals surface area contributed by atoms with Gasteiger partial charge in [0.1, 0.15) is 5.00 Å². The Labute approximate surface area is 202 Å². The first-order valence-electron chi connectivity index (χ1n) is 10.6. The molecular weight excluding hydrogens is 515 g/mol. The van der Waals surface area contributed by atoms with Crippen molar-refractivity contribution in [1.82, 2.24) is 0 Å². The summed E-state index contributed by atoms with van der Waals surface area (Å²) in [4.78, 5) is 19.5. The van der Waals surface area contributed by atoms with Crippen LogP contribution >= 0.6 is 33.9 Å². The minimum Gasteiger partial charge on any atom is -0.322 e. The number of carbonyl (C=O) groups is 1. The monoisotopic (exact) mass is 542 g/mol. The average Bonchev–Trinajstić information content (AvgIpc) is 3.10. The lowest BCUT2D eigenvalue weighted by Crippen LogP contribution is -2.27. The molecule has 31 heavy (non-hydrogen) atoms. The zero-order valence-electron chi connectivity index (χ0n) is 18.1. The van der Waals surface area contributed by atoms with Crippen LogP contribution in [0.1, 0.15) is 53.6 Å². The highest BCUT2D eigenvalue weighted by Crippen LogP contribution is 2.45. The Hall–Kier alpha value is -1.99. The number of benzene rings is 2. The van der Waals surface area contributed by atoms with Gasteiger partial charge in [0.2, 0.25) is 0 Å². The van der Waals surface area contributed by atoms with Crippen molar-refractivity contribution in [3.05, 3.63) is 79.7 Å². The number of para-hydroxylation sites is 1. The minimum absolute atomic E-state index is 0.0623. The minimum atomic E-state index is -0.0623. The smallest absolute Gasteiger partial charge is 0.259 e. The Bertz CT molecular complexity index is 1110. The van der Waals surface area contributed by atoms with Gasteiger partial charge < -0.3 is 5.32 Å². The lowest BCUT2D eigenvalue weighted by Gasteiger charge is -2.33. The molecule has 1 aromatic heterocycles. The Kier molecular flexibility index (Phi) is 6.63. The number of nitrogens with one attached hydrogen (secondary N) is 1. The van der Waals surface area contributed by atoms with Crippen LogP contribution in [0.5, 0.6) is 0 Å². The second-order valence-corrected chi connectivity index (χ2v) is 11.5. The lowest BCUT2D eigenvalue weighted by molar-refractivity contribution is 0.102. The number of nitrogens with zero attached hydrogens (tertiary/aromatic N) is 1. The number of amides is 1. The maximum atomic E-state index is 13.3. The fourth-order valence-electron chi connectivity index (χ4n) is 4.07. The SMILES string of the molecule is CC(C)(C)[C@@H]1CCc2c(sc(N=Cc3cccc(I)c3)c2C(=O)Nc2ccccc2)C1. The van der Waals surface area contributed by atoms with Crippen molar-refractivity contribution in [2.75, 3.05) is 5.32 Å². The van der Waals surface area contributed by atoms with Crippen molar-refractivity contribution in [1.29, 1.82) is 0 Å². The van der Waals surface area contributed by atoms with E-state index in [1.807, 2.05) is 48.7 Å². The molecule has 0 aliphatic heterocycles. The van der Waals surface area contributed by atoms with Crippen LogP contribution in [0.4, 0.5) is 10.7 Å². The Morgan fingerprint density at radius 2 is 1.94 bits per heavy atom. The lowest BCUT2D eigenvalue weighted by atomic mass is 9.72. The summed E-state index contributed by atoms with van der Waals surface area (Å²) in [6.45, 7) is 6.94. The topological polar surface area (TPSA) is 41.5 Å². The number of anilines is 1. The first-order chi connectivity index (χ1) is 14.8. The molecule has 4 rings (SSSR count). The summed E-state index contributed by atoms with van der Waals surface area (Å²) in [5.41, 5.74) is 4.05. The fourth-order valence-corrected chi connectivity index (χ4v) is 5.91. The third-order valence-electron chi connectivity index (χ3n) is 5.91. The number of carbonyl (C=O) groups excluding carboxylic acids is 1. The molecule has 0 saturated heterocycles. The standard InChI is InChI=1S/C26H27IN2OS/c1-26(2,3)18-12-13-21-22(15-18)31-25(28-16-17-8-7-9-19(27)14-17)23(21)24(30)29-20-10-5-4-6-11-20/h4-11,14,16,18H,12-13,15H2,1-3H3,(H,29,30)/t18-/m1/s1. The Balaban J connectivity index is 1.70. The van der Waals surface area contributed by atoms with Crippen molar-refractivity contribution >= 4 is 56.7 Å². The quantitative estimate of drug-likeness (QED) is 0.269. The summed E-state index contributed by atoms with van der Waals surface area (Å²) in [6, 6.07) is 17.9. The first-order valence-corrected chi connectivity index (χ1v) is 12.5. The molecule has 0 spiro atoms. The molecule has 0 saturated carbocycles. The van der Waals surface area contributed by atoms with Gasteiger partial charge in [-0.1, -0.05) is 51.1 Å². The van der Waals surface area contributed by atoms with Crippen LogP contribution in [-0.4, -0.2) is 12.1 Å². The number of hydrogen-bond donors (Lipinski definition) is 1. The van der Waals surface area contributed by atoms with Gasteiger partial charge in [-0.25, -0.2) is 4.99 Å². The van der Waals surface area contributed by atoms with Crippen LogP contribution in [0.25, 0.3) is 0 Å². The average molecular weight is 542 g/mol. The number of thiophene rings is 1. The summed E-state index contributed by atoms with van der Waals surface area (Å²) in [6.07, 6.45) is 4.94. The molecule has 0 bridgehead atoms. The van der Waals surface area contributed by atoms with E-state index < -0.39 is 0 Å². The highest BCUT2D eigenvalue weighted by Gasteiger charge is 2.33. The number of hydrogen-bond acceptors (Lipinski definition) is 3. The van der Waals surface area contributed by atoms with E-state index in [0.717, 1.165) is 41.1 Å². The molecule has 160 valence electrons. The molecule has 1 aliphatic carbocycles. The van der Waals surface area contributed by atoms with Gasteiger partial charge in [0.15, 0.2) is 0 Å². The van der Waals surface area contributed by atoms with Gasteiger partial charge in [-0.3, -0.25) is 4.79 Å². The Morgan fingerprint density at radius 1 is 1.16 bits per heavy atom. The zero-order chi connectivity index (χ0) is 22.0. The highest BCUT2D eigenvalue weighted by atomic mass is 127. The van der Waals surface area contributed by atoms with Crippen molar-refractivity contribution in [2.24, 2.45) is 16.3 Å². The normalized spacial score (nSPS) is 16.3. The fraction of sp³-hybridized carbons (Fsp3) is 0.308. The van der Waals surface area contributed by atoms with E-state index in [9.17, 15) is 4.79 Å². The molecule has 1 aliphatic rings. The number of aliphatic imine (C=N–C) groups is 1. The zero-order valence-corrected chi connectivity index (χ0v) is 21.1. The molecule has 2 aromatic carbocycles. The molecule has 1 atom stereocenters. The molecule has 5 heteroatoms. The predicted octanol–water partition coefficient (Wildman–Crippen LogP) is 7.51. The molecule has 3 aromatic rings. The largest absolute Gasteiger partial charge is 0.322 e. The highest BCUT2D eigenvalue weighted by molar-refractivity contribution is 14.1. The summed E-state index contributed by atoms with van der Waals surface area (Å²) in [7, 11) is 0. The molecule has 1 heterocycles. The van der Waals surface area contributed by atoms with Crippen molar-refractivity contribution in [3.8, 4) is 0 Å². The van der Waals surface area contributed by atoms with Gasteiger partial charge in [0.25, 0.3) is 5.91 Å². The van der Waals surface area contributed by atoms with E-state index in [2.05, 4.69) is 60.8 Å². The Morgan fingerprint density at radius 3 is 2.65 bits per heavy atom. The third-order valence-corrected chi connectivity index (χ3v) is 7.74. The maximum Gasteiger partial charge on any atom is 0.259 e. The van der Waals surface area contributed by atoms with E-state index in [1.165, 1.54) is 14.0 Å². The van der Waals surface area contributed by atoms with Crippen molar-refractivity contribution in [3.63, 3.8) is 0 Å². The van der Waals surface area contributed by atoms with Crippen LogP contribution in [0.15, 0.2) is 59.6 Å². The van der Waals surface area contributed by atoms with Crippen LogP contribution in [0.3, 0.4) is 0 Å². The molecule has 1 amide bonds. The summed E-state index contributed by atoms with van der Waals surface area (Å²) < 4.78 is 1.17. The predicted molar refractivity (Wildman–Crippen MR) is 140 cm³/mol. The van der Waals surface area contributed by atoms with E-state index in [4.69, 9.17) is 4.99 Å². The van der Waals surface area contributed by atoms with E-state index in [-0.39, 0.29) is 11.3 Å². The molecule has 0 fully saturated rings.